The molecule has 0 saturated carbocycles. The maximum absolute atomic E-state index is 11.6. The fourth-order valence-corrected chi connectivity index (χ4v) is 1.87. The third kappa shape index (κ3) is 5.84. The highest BCUT2D eigenvalue weighted by atomic mass is 16.6. The summed E-state index contributed by atoms with van der Waals surface area (Å²) in [6.07, 6.45) is 12.8. The molecule has 0 fully saturated rings. The molecule has 0 N–H and O–H groups in total. The zero-order valence-electron chi connectivity index (χ0n) is 11.5. The van der Waals surface area contributed by atoms with Gasteiger partial charge in [-0.3, -0.25) is 0 Å². The Hall–Kier alpha value is -1.32. The summed E-state index contributed by atoms with van der Waals surface area (Å²) >= 11 is 0. The van der Waals surface area contributed by atoms with Crippen molar-refractivity contribution in [2.75, 3.05) is 0 Å². The molecule has 0 spiro atoms. The van der Waals surface area contributed by atoms with Crippen LogP contribution < -0.4 is 0 Å². The lowest BCUT2D eigenvalue weighted by molar-refractivity contribution is 0.102. The zero-order chi connectivity index (χ0) is 13.2. The number of unbranched alkanes of at least 4 members (excludes halogenated alkanes) is 5. The molecule has 0 aliphatic heterocycles. The molecule has 0 aliphatic rings. The maximum Gasteiger partial charge on any atom is 0.419 e. The van der Waals surface area contributed by atoms with Gasteiger partial charge in [0.1, 0.15) is 12.4 Å². The van der Waals surface area contributed by atoms with Crippen molar-refractivity contribution in [3.63, 3.8) is 0 Å². The summed E-state index contributed by atoms with van der Waals surface area (Å²) in [4.78, 5) is 15.4. The molecule has 102 valence electrons. The van der Waals surface area contributed by atoms with E-state index in [0.717, 1.165) is 12.8 Å². The molecule has 0 saturated heterocycles. The molecule has 4 nitrogen and oxygen atoms in total. The summed E-state index contributed by atoms with van der Waals surface area (Å²) < 4.78 is 6.67. The van der Waals surface area contributed by atoms with Crippen LogP contribution in [0.5, 0.6) is 0 Å². The minimum Gasteiger partial charge on any atom is -0.446 e. The Morgan fingerprint density at radius 1 is 1.28 bits per heavy atom. The van der Waals surface area contributed by atoms with E-state index in [1.54, 1.807) is 12.4 Å². The fraction of sp³-hybridized carbons (Fsp3) is 0.714. The van der Waals surface area contributed by atoms with Crippen LogP contribution in [0.4, 0.5) is 4.79 Å². The van der Waals surface area contributed by atoms with Crippen molar-refractivity contribution in [1.29, 1.82) is 0 Å². The highest BCUT2D eigenvalue weighted by Crippen LogP contribution is 2.10. The average Bonchev–Trinajstić information content (AvgIpc) is 2.87. The largest absolute Gasteiger partial charge is 0.446 e. The SMILES string of the molecule is CCCCCCCCC(C)OC(=O)n1ccnc1. The first-order valence-electron chi connectivity index (χ1n) is 6.93. The number of hydrogen-bond acceptors (Lipinski definition) is 3. The highest BCUT2D eigenvalue weighted by molar-refractivity contribution is 5.70. The molecule has 1 heterocycles. The molecular weight excluding hydrogens is 228 g/mol. The van der Waals surface area contributed by atoms with Gasteiger partial charge in [-0.2, -0.15) is 0 Å². The van der Waals surface area contributed by atoms with Crippen LogP contribution in [-0.4, -0.2) is 21.7 Å². The number of aromatic nitrogens is 2. The summed E-state index contributed by atoms with van der Waals surface area (Å²) in [5, 5.41) is 0. The average molecular weight is 252 g/mol. The molecule has 1 unspecified atom stereocenters. The van der Waals surface area contributed by atoms with Gasteiger partial charge in [0, 0.05) is 12.4 Å². The van der Waals surface area contributed by atoms with Gasteiger partial charge < -0.3 is 4.74 Å². The second kappa shape index (κ2) is 8.72. The van der Waals surface area contributed by atoms with Crippen LogP contribution in [0, 0.1) is 0 Å². The van der Waals surface area contributed by atoms with Crippen molar-refractivity contribution in [3.05, 3.63) is 18.7 Å². The second-order valence-corrected chi connectivity index (χ2v) is 4.72. The van der Waals surface area contributed by atoms with Gasteiger partial charge in [0.25, 0.3) is 0 Å². The Balaban J connectivity index is 2.07. The highest BCUT2D eigenvalue weighted by Gasteiger charge is 2.10. The summed E-state index contributed by atoms with van der Waals surface area (Å²) in [7, 11) is 0. The maximum atomic E-state index is 11.6. The van der Waals surface area contributed by atoms with Crippen LogP contribution in [-0.2, 0) is 4.74 Å². The van der Waals surface area contributed by atoms with Crippen LogP contribution in [0.2, 0.25) is 0 Å². The molecule has 4 heteroatoms. The van der Waals surface area contributed by atoms with Crippen LogP contribution >= 0.6 is 0 Å². The molecule has 1 aromatic rings. The molecule has 0 radical (unpaired) electrons. The van der Waals surface area contributed by atoms with E-state index in [1.807, 2.05) is 6.92 Å². The molecule has 1 aromatic heterocycles. The van der Waals surface area contributed by atoms with Gasteiger partial charge in [-0.15, -0.1) is 0 Å². The Kier molecular flexibility index (Phi) is 7.14. The zero-order valence-corrected chi connectivity index (χ0v) is 11.5. The van der Waals surface area contributed by atoms with Crippen molar-refractivity contribution in [3.8, 4) is 0 Å². The minimum absolute atomic E-state index is 0.0222. The first-order chi connectivity index (χ1) is 8.74. The van der Waals surface area contributed by atoms with Crippen molar-refractivity contribution < 1.29 is 9.53 Å². The number of carbonyl (C=O) groups is 1. The molecule has 0 aromatic carbocycles. The van der Waals surface area contributed by atoms with Crippen molar-refractivity contribution in [2.24, 2.45) is 0 Å². The second-order valence-electron chi connectivity index (χ2n) is 4.72. The quantitative estimate of drug-likeness (QED) is 0.657. The number of imidazole rings is 1. The fourth-order valence-electron chi connectivity index (χ4n) is 1.87. The normalized spacial score (nSPS) is 12.3. The number of ether oxygens (including phenoxy) is 1. The summed E-state index contributed by atoms with van der Waals surface area (Å²) in [6.45, 7) is 4.17. The van der Waals surface area contributed by atoms with E-state index >= 15 is 0 Å². The summed E-state index contributed by atoms with van der Waals surface area (Å²) in [5.41, 5.74) is 0. The molecule has 0 amide bonds. The Labute approximate surface area is 109 Å². The van der Waals surface area contributed by atoms with E-state index in [9.17, 15) is 4.79 Å². The predicted octanol–water partition coefficient (Wildman–Crippen LogP) is 4.01. The van der Waals surface area contributed by atoms with E-state index in [-0.39, 0.29) is 12.2 Å². The topological polar surface area (TPSA) is 44.1 Å². The number of carbonyl (C=O) groups excluding carboxylic acids is 1. The van der Waals surface area contributed by atoms with Gasteiger partial charge in [-0.25, -0.2) is 14.3 Å². The molecule has 1 atom stereocenters. The molecule has 0 bridgehead atoms. The Morgan fingerprint density at radius 2 is 2.00 bits per heavy atom. The number of nitrogens with zero attached hydrogens (tertiary/aromatic N) is 2. The van der Waals surface area contributed by atoms with E-state index in [2.05, 4.69) is 11.9 Å². The third-order valence-corrected chi connectivity index (χ3v) is 2.98. The van der Waals surface area contributed by atoms with Crippen LogP contribution in [0.1, 0.15) is 58.8 Å². The van der Waals surface area contributed by atoms with E-state index in [1.165, 1.54) is 43.0 Å². The van der Waals surface area contributed by atoms with Crippen molar-refractivity contribution >= 4 is 6.09 Å². The van der Waals surface area contributed by atoms with Crippen molar-refractivity contribution in [1.82, 2.24) is 9.55 Å². The smallest absolute Gasteiger partial charge is 0.419 e. The van der Waals surface area contributed by atoms with Gasteiger partial charge in [0.2, 0.25) is 0 Å². The van der Waals surface area contributed by atoms with Crippen LogP contribution in [0.3, 0.4) is 0 Å². The molecule has 0 aliphatic carbocycles. The third-order valence-electron chi connectivity index (χ3n) is 2.98. The van der Waals surface area contributed by atoms with E-state index < -0.39 is 0 Å². The molecule has 1 rings (SSSR count). The Morgan fingerprint density at radius 3 is 2.67 bits per heavy atom. The van der Waals surface area contributed by atoms with Gasteiger partial charge in [-0.05, 0) is 19.8 Å². The van der Waals surface area contributed by atoms with Gasteiger partial charge in [-0.1, -0.05) is 39.0 Å². The van der Waals surface area contributed by atoms with Crippen LogP contribution in [0.15, 0.2) is 18.7 Å². The number of rotatable bonds is 8. The lowest BCUT2D eigenvalue weighted by Gasteiger charge is -2.12. The Bertz CT molecular complexity index is 323. The summed E-state index contributed by atoms with van der Waals surface area (Å²) in [6, 6.07) is 0. The lowest BCUT2D eigenvalue weighted by atomic mass is 10.1. The van der Waals surface area contributed by atoms with Gasteiger partial charge in [0.05, 0.1) is 0 Å². The molecule has 18 heavy (non-hydrogen) atoms. The first-order valence-corrected chi connectivity index (χ1v) is 6.93. The van der Waals surface area contributed by atoms with Gasteiger partial charge in [0.15, 0.2) is 0 Å². The summed E-state index contributed by atoms with van der Waals surface area (Å²) in [5.74, 6) is 0. The van der Waals surface area contributed by atoms with Gasteiger partial charge >= 0.3 is 6.09 Å². The minimum atomic E-state index is -0.342. The first kappa shape index (κ1) is 14.7. The van der Waals surface area contributed by atoms with E-state index in [0.29, 0.717) is 0 Å². The number of hydrogen-bond donors (Lipinski definition) is 0. The monoisotopic (exact) mass is 252 g/mol. The van der Waals surface area contributed by atoms with E-state index in [4.69, 9.17) is 4.74 Å². The predicted molar refractivity (Wildman–Crippen MR) is 71.6 cm³/mol. The molecular formula is C14H24N2O2. The standard InChI is InChI=1S/C14H24N2O2/c1-3-4-5-6-7-8-9-13(2)18-14(17)16-11-10-15-12-16/h10-13H,3-9H2,1-2H3. The van der Waals surface area contributed by atoms with Crippen LogP contribution in [0.25, 0.3) is 0 Å². The van der Waals surface area contributed by atoms with Crippen molar-refractivity contribution in [2.45, 2.75) is 64.9 Å². The lowest BCUT2D eigenvalue weighted by Crippen LogP contribution is -2.18.